The maximum atomic E-state index is 10.8. The Morgan fingerprint density at radius 1 is 1.64 bits per heavy atom. The lowest BCUT2D eigenvalue weighted by Gasteiger charge is -1.98. The molecule has 0 aliphatic rings. The number of ether oxygens (including phenoxy) is 1. The van der Waals surface area contributed by atoms with E-state index in [1.165, 1.54) is 13.2 Å². The van der Waals surface area contributed by atoms with Gasteiger partial charge in [-0.3, -0.25) is 0 Å². The van der Waals surface area contributed by atoms with E-state index < -0.39 is 0 Å². The van der Waals surface area contributed by atoms with Gasteiger partial charge in [-0.15, -0.1) is 0 Å². The van der Waals surface area contributed by atoms with Gasteiger partial charge in [0.25, 0.3) is 0 Å². The van der Waals surface area contributed by atoms with Crippen LogP contribution in [0.5, 0.6) is 5.75 Å². The molecule has 1 rings (SSSR count). The van der Waals surface area contributed by atoms with Crippen molar-refractivity contribution in [3.63, 3.8) is 0 Å². The highest BCUT2D eigenvalue weighted by Gasteiger charge is 1.98. The lowest BCUT2D eigenvalue weighted by molar-refractivity contribution is 0.396. The highest BCUT2D eigenvalue weighted by Crippen LogP contribution is 2.11. The summed E-state index contributed by atoms with van der Waals surface area (Å²) in [5.74, 6) is 1.09. The van der Waals surface area contributed by atoms with Gasteiger partial charge in [0, 0.05) is 6.07 Å². The maximum Gasteiger partial charge on any atom is 0.339 e. The fraction of sp³-hybridized carbons (Fsp3) is 0.286. The zero-order valence-corrected chi connectivity index (χ0v) is 7.55. The monoisotopic (exact) mass is 218 g/mol. The molecule has 0 fully saturated rings. The molecule has 0 saturated heterocycles. The molecule has 0 spiro atoms. The van der Waals surface area contributed by atoms with Crippen molar-refractivity contribution in [2.45, 2.75) is 5.33 Å². The fourth-order valence-electron chi connectivity index (χ4n) is 0.688. The predicted molar refractivity (Wildman–Crippen MR) is 44.2 cm³/mol. The average molecular weight is 219 g/mol. The van der Waals surface area contributed by atoms with E-state index in [0.717, 1.165) is 0 Å². The van der Waals surface area contributed by atoms with Gasteiger partial charge in [-0.05, 0) is 0 Å². The summed E-state index contributed by atoms with van der Waals surface area (Å²) in [4.78, 5) is 10.8. The van der Waals surface area contributed by atoms with Crippen LogP contribution in [0.25, 0.3) is 0 Å². The van der Waals surface area contributed by atoms with E-state index in [1.54, 1.807) is 6.07 Å². The number of methoxy groups -OCH3 is 1. The minimum absolute atomic E-state index is 0.390. The molecule has 0 unspecified atom stereocenters. The first kappa shape index (κ1) is 8.33. The van der Waals surface area contributed by atoms with Crippen LogP contribution in [-0.4, -0.2) is 7.11 Å². The van der Waals surface area contributed by atoms with Gasteiger partial charge in [0.15, 0.2) is 0 Å². The quantitative estimate of drug-likeness (QED) is 0.708. The van der Waals surface area contributed by atoms with E-state index in [-0.39, 0.29) is 5.63 Å². The first-order valence-electron chi connectivity index (χ1n) is 3.00. The molecule has 11 heavy (non-hydrogen) atoms. The molecule has 0 N–H and O–H groups in total. The van der Waals surface area contributed by atoms with Crippen molar-refractivity contribution in [1.82, 2.24) is 0 Å². The van der Waals surface area contributed by atoms with E-state index in [1.807, 2.05) is 0 Å². The number of rotatable bonds is 2. The first-order valence-corrected chi connectivity index (χ1v) is 4.12. The molecule has 0 amide bonds. The average Bonchev–Trinajstić information content (AvgIpc) is 2.03. The molecule has 1 aromatic heterocycles. The Kier molecular flexibility index (Phi) is 2.70. The summed E-state index contributed by atoms with van der Waals surface area (Å²) in [5.41, 5.74) is -0.390. The maximum absolute atomic E-state index is 10.8. The van der Waals surface area contributed by atoms with Gasteiger partial charge in [-0.2, -0.15) is 0 Å². The van der Waals surface area contributed by atoms with E-state index in [0.29, 0.717) is 16.8 Å². The van der Waals surface area contributed by atoms with E-state index in [2.05, 4.69) is 15.9 Å². The molecule has 1 heterocycles. The molecular weight excluding hydrogens is 212 g/mol. The molecule has 0 aromatic carbocycles. The zero-order valence-electron chi connectivity index (χ0n) is 5.96. The van der Waals surface area contributed by atoms with Crippen LogP contribution < -0.4 is 10.4 Å². The molecule has 1 aromatic rings. The fourth-order valence-corrected chi connectivity index (χ4v) is 0.965. The molecule has 3 nitrogen and oxygen atoms in total. The molecular formula is C7H7BrO3. The Labute approximate surface area is 72.1 Å². The number of alkyl halides is 1. The van der Waals surface area contributed by atoms with Crippen LogP contribution in [0.2, 0.25) is 0 Å². The Morgan fingerprint density at radius 2 is 2.36 bits per heavy atom. The SMILES string of the molecule is COc1cc(CBr)oc(=O)c1. The van der Waals surface area contributed by atoms with Gasteiger partial charge < -0.3 is 9.15 Å². The largest absolute Gasteiger partial charge is 0.496 e. The van der Waals surface area contributed by atoms with Gasteiger partial charge in [-0.25, -0.2) is 4.79 Å². The Bertz CT molecular complexity index is 267. The highest BCUT2D eigenvalue weighted by atomic mass is 79.9. The standard InChI is InChI=1S/C7H7BrO3/c1-10-5-2-6(4-8)11-7(9)3-5/h2-3H,4H2,1H3. The van der Waals surface area contributed by atoms with E-state index >= 15 is 0 Å². The van der Waals surface area contributed by atoms with Crippen molar-refractivity contribution in [2.24, 2.45) is 0 Å². The highest BCUT2D eigenvalue weighted by molar-refractivity contribution is 9.08. The number of hydrogen-bond acceptors (Lipinski definition) is 3. The lowest BCUT2D eigenvalue weighted by atomic mass is 10.4. The summed E-state index contributed by atoms with van der Waals surface area (Å²) in [5, 5.41) is 0.513. The summed E-state index contributed by atoms with van der Waals surface area (Å²) in [6.07, 6.45) is 0. The van der Waals surface area contributed by atoms with Crippen LogP contribution in [0.15, 0.2) is 21.3 Å². The first-order chi connectivity index (χ1) is 5.26. The Hall–Kier alpha value is -0.770. The normalized spacial score (nSPS) is 9.64. The number of halogens is 1. The third-order valence-electron chi connectivity index (χ3n) is 1.16. The topological polar surface area (TPSA) is 39.4 Å². The second-order valence-electron chi connectivity index (χ2n) is 1.92. The lowest BCUT2D eigenvalue weighted by Crippen LogP contribution is -1.99. The second-order valence-corrected chi connectivity index (χ2v) is 2.48. The summed E-state index contributed by atoms with van der Waals surface area (Å²) >= 11 is 3.17. The van der Waals surface area contributed by atoms with Crippen LogP contribution in [-0.2, 0) is 5.33 Å². The predicted octanol–water partition coefficient (Wildman–Crippen LogP) is 1.54. The van der Waals surface area contributed by atoms with Crippen LogP contribution >= 0.6 is 15.9 Å². The van der Waals surface area contributed by atoms with Crippen LogP contribution in [0.1, 0.15) is 5.76 Å². The van der Waals surface area contributed by atoms with Gasteiger partial charge in [0.2, 0.25) is 0 Å². The van der Waals surface area contributed by atoms with Crippen molar-refractivity contribution < 1.29 is 9.15 Å². The van der Waals surface area contributed by atoms with Crippen molar-refractivity contribution in [2.75, 3.05) is 7.11 Å². The minimum atomic E-state index is -0.390. The molecule has 0 bridgehead atoms. The molecule has 4 heteroatoms. The summed E-state index contributed by atoms with van der Waals surface area (Å²) in [6.45, 7) is 0. The smallest absolute Gasteiger partial charge is 0.339 e. The van der Waals surface area contributed by atoms with Crippen molar-refractivity contribution in [1.29, 1.82) is 0 Å². The molecule has 0 aliphatic heterocycles. The van der Waals surface area contributed by atoms with Crippen molar-refractivity contribution in [3.05, 3.63) is 28.3 Å². The van der Waals surface area contributed by atoms with Gasteiger partial charge >= 0.3 is 5.63 Å². The third kappa shape index (κ3) is 2.08. The molecule has 0 atom stereocenters. The number of hydrogen-bond donors (Lipinski definition) is 0. The molecule has 60 valence electrons. The van der Waals surface area contributed by atoms with Crippen molar-refractivity contribution >= 4 is 15.9 Å². The Morgan fingerprint density at radius 3 is 2.91 bits per heavy atom. The summed E-state index contributed by atoms with van der Waals surface area (Å²) in [6, 6.07) is 2.96. The van der Waals surface area contributed by atoms with Crippen molar-refractivity contribution in [3.8, 4) is 5.75 Å². The van der Waals surface area contributed by atoms with Crippen LogP contribution in [0, 0.1) is 0 Å². The zero-order chi connectivity index (χ0) is 8.27. The van der Waals surface area contributed by atoms with Gasteiger partial charge in [0.05, 0.1) is 18.5 Å². The Balaban J connectivity index is 3.12. The van der Waals surface area contributed by atoms with Crippen LogP contribution in [0.4, 0.5) is 0 Å². The molecule has 0 saturated carbocycles. The second kappa shape index (κ2) is 3.57. The summed E-state index contributed by atoms with van der Waals surface area (Å²) < 4.78 is 9.64. The van der Waals surface area contributed by atoms with E-state index in [4.69, 9.17) is 9.15 Å². The molecule has 0 aliphatic carbocycles. The van der Waals surface area contributed by atoms with Crippen LogP contribution in [0.3, 0.4) is 0 Å². The summed E-state index contributed by atoms with van der Waals surface area (Å²) in [7, 11) is 1.51. The third-order valence-corrected chi connectivity index (χ3v) is 1.72. The molecule has 0 radical (unpaired) electrons. The van der Waals surface area contributed by atoms with E-state index in [9.17, 15) is 4.79 Å². The van der Waals surface area contributed by atoms with Gasteiger partial charge in [-0.1, -0.05) is 15.9 Å². The minimum Gasteiger partial charge on any atom is -0.496 e. The van der Waals surface area contributed by atoms with Gasteiger partial charge in [0.1, 0.15) is 11.5 Å².